The van der Waals surface area contributed by atoms with Gasteiger partial charge in [-0.2, -0.15) is 5.26 Å². The maximum Gasteiger partial charge on any atom is 0.101 e. The van der Waals surface area contributed by atoms with E-state index in [0.29, 0.717) is 11.5 Å². The Kier molecular flexibility index (Phi) is 3.53. The van der Waals surface area contributed by atoms with Gasteiger partial charge in [0.2, 0.25) is 0 Å². The minimum Gasteiger partial charge on any atom is -0.254 e. The average Bonchev–Trinajstić information content (AvgIpc) is 2.35. The van der Waals surface area contributed by atoms with E-state index < -0.39 is 0 Å². The largest absolute Gasteiger partial charge is 0.254 e. The van der Waals surface area contributed by atoms with Gasteiger partial charge in [-0.15, -0.1) is 0 Å². The first-order valence-corrected chi connectivity index (χ1v) is 6.66. The molecule has 2 aromatic rings. The highest BCUT2D eigenvalue weighted by molar-refractivity contribution is 5.84. The maximum absolute atomic E-state index is 9.37. The third kappa shape index (κ3) is 2.19. The second kappa shape index (κ2) is 4.97. The van der Waals surface area contributed by atoms with Gasteiger partial charge in [0.1, 0.15) is 6.07 Å². The highest BCUT2D eigenvalue weighted by Crippen LogP contribution is 2.31. The number of hydrogen-bond donors (Lipinski definition) is 0. The van der Waals surface area contributed by atoms with Gasteiger partial charge in [0.25, 0.3) is 0 Å². The summed E-state index contributed by atoms with van der Waals surface area (Å²) in [7, 11) is 0. The fourth-order valence-corrected chi connectivity index (χ4v) is 2.49. The first-order valence-electron chi connectivity index (χ1n) is 6.66. The molecule has 0 amide bonds. The number of rotatable bonds is 2. The number of aromatic nitrogens is 2. The van der Waals surface area contributed by atoms with Crippen LogP contribution >= 0.6 is 0 Å². The van der Waals surface area contributed by atoms with Crippen molar-refractivity contribution in [2.75, 3.05) is 0 Å². The SMILES string of the molecule is Cc1nc2c(C(C)C)ccnc2c(C(C)C)c1C#N. The summed E-state index contributed by atoms with van der Waals surface area (Å²) in [5.74, 6) is 0.652. The van der Waals surface area contributed by atoms with Gasteiger partial charge < -0.3 is 0 Å². The lowest BCUT2D eigenvalue weighted by atomic mass is 9.92. The van der Waals surface area contributed by atoms with Crippen LogP contribution in [0.15, 0.2) is 12.3 Å². The van der Waals surface area contributed by atoms with Crippen molar-refractivity contribution < 1.29 is 0 Å². The Hall–Kier alpha value is -1.95. The number of hydrogen-bond acceptors (Lipinski definition) is 3. The summed E-state index contributed by atoms with van der Waals surface area (Å²) < 4.78 is 0. The lowest BCUT2D eigenvalue weighted by molar-refractivity contribution is 0.850. The first-order chi connectivity index (χ1) is 8.97. The molecule has 19 heavy (non-hydrogen) atoms. The lowest BCUT2D eigenvalue weighted by Gasteiger charge is -2.16. The van der Waals surface area contributed by atoms with E-state index in [0.717, 1.165) is 22.3 Å². The molecule has 0 bridgehead atoms. The molecule has 0 aliphatic carbocycles. The third-order valence-corrected chi connectivity index (χ3v) is 3.43. The van der Waals surface area contributed by atoms with Gasteiger partial charge in [0, 0.05) is 11.8 Å². The first kappa shape index (κ1) is 13.5. The second-order valence-corrected chi connectivity index (χ2v) is 5.50. The van der Waals surface area contributed by atoms with Gasteiger partial charge in [-0.25, -0.2) is 4.98 Å². The van der Waals surface area contributed by atoms with Crippen LogP contribution in [0, 0.1) is 18.3 Å². The summed E-state index contributed by atoms with van der Waals surface area (Å²) in [5, 5.41) is 9.37. The molecule has 0 aliphatic heterocycles. The Labute approximate surface area is 114 Å². The van der Waals surface area contributed by atoms with Crippen molar-refractivity contribution in [3.63, 3.8) is 0 Å². The Morgan fingerprint density at radius 1 is 1.11 bits per heavy atom. The molecule has 0 unspecified atom stereocenters. The number of fused-ring (bicyclic) bond motifs is 1. The molecule has 0 atom stereocenters. The van der Waals surface area contributed by atoms with Crippen LogP contribution in [0.2, 0.25) is 0 Å². The molecule has 3 heteroatoms. The van der Waals surface area contributed by atoms with Crippen LogP contribution in [0.3, 0.4) is 0 Å². The van der Waals surface area contributed by atoms with E-state index >= 15 is 0 Å². The van der Waals surface area contributed by atoms with Crippen molar-refractivity contribution in [3.8, 4) is 6.07 Å². The second-order valence-electron chi connectivity index (χ2n) is 5.50. The minimum atomic E-state index is 0.258. The summed E-state index contributed by atoms with van der Waals surface area (Å²) >= 11 is 0. The van der Waals surface area contributed by atoms with Crippen molar-refractivity contribution in [1.29, 1.82) is 5.26 Å². The van der Waals surface area contributed by atoms with E-state index in [1.807, 2.05) is 19.2 Å². The molecular formula is C16H19N3. The molecule has 0 aromatic carbocycles. The maximum atomic E-state index is 9.37. The summed E-state index contributed by atoms with van der Waals surface area (Å²) in [6.07, 6.45) is 1.82. The van der Waals surface area contributed by atoms with Crippen LogP contribution < -0.4 is 0 Å². The van der Waals surface area contributed by atoms with Crippen LogP contribution in [0.4, 0.5) is 0 Å². The summed E-state index contributed by atoms with van der Waals surface area (Å²) in [6, 6.07) is 4.31. The molecule has 98 valence electrons. The highest BCUT2D eigenvalue weighted by Gasteiger charge is 2.18. The van der Waals surface area contributed by atoms with Crippen LogP contribution in [0.5, 0.6) is 0 Å². The Morgan fingerprint density at radius 2 is 1.79 bits per heavy atom. The number of nitrogens with zero attached hydrogens (tertiary/aromatic N) is 3. The van der Waals surface area contributed by atoms with Gasteiger partial charge in [-0.3, -0.25) is 4.98 Å². The zero-order valence-corrected chi connectivity index (χ0v) is 12.2. The molecule has 0 aliphatic rings. The van der Waals surface area contributed by atoms with E-state index in [2.05, 4.69) is 43.7 Å². The third-order valence-electron chi connectivity index (χ3n) is 3.43. The van der Waals surface area contributed by atoms with Crippen molar-refractivity contribution in [3.05, 3.63) is 34.6 Å². The van der Waals surface area contributed by atoms with Crippen molar-refractivity contribution in [2.45, 2.75) is 46.5 Å². The normalized spacial score (nSPS) is 11.3. The van der Waals surface area contributed by atoms with Crippen molar-refractivity contribution in [2.24, 2.45) is 0 Å². The Bertz CT molecular complexity index is 664. The summed E-state index contributed by atoms with van der Waals surface area (Å²) in [5.41, 5.74) is 5.51. The predicted octanol–water partition coefficient (Wildman–Crippen LogP) is 4.06. The van der Waals surface area contributed by atoms with Crippen LogP contribution in [0.1, 0.15) is 61.9 Å². The fourth-order valence-electron chi connectivity index (χ4n) is 2.49. The van der Waals surface area contributed by atoms with Gasteiger partial charge >= 0.3 is 0 Å². The zero-order chi connectivity index (χ0) is 14.2. The van der Waals surface area contributed by atoms with Gasteiger partial charge in [-0.1, -0.05) is 27.7 Å². The molecule has 0 N–H and O–H groups in total. The topological polar surface area (TPSA) is 49.6 Å². The highest BCUT2D eigenvalue weighted by atomic mass is 14.8. The quantitative estimate of drug-likeness (QED) is 0.811. The molecule has 3 nitrogen and oxygen atoms in total. The smallest absolute Gasteiger partial charge is 0.101 e. The van der Waals surface area contributed by atoms with E-state index in [1.54, 1.807) is 0 Å². The standard InChI is InChI=1S/C16H19N3/c1-9(2)12-6-7-18-16-14(10(3)4)13(8-17)11(5)19-15(12)16/h6-7,9-10H,1-5H3. The van der Waals surface area contributed by atoms with E-state index in [1.165, 1.54) is 5.56 Å². The number of pyridine rings is 2. The molecule has 0 spiro atoms. The Morgan fingerprint density at radius 3 is 2.32 bits per heavy atom. The molecule has 2 rings (SSSR count). The van der Waals surface area contributed by atoms with Crippen LogP contribution in [0.25, 0.3) is 11.0 Å². The molecule has 0 radical (unpaired) electrons. The van der Waals surface area contributed by atoms with Gasteiger partial charge in [0.15, 0.2) is 0 Å². The Balaban J connectivity index is 2.96. The van der Waals surface area contributed by atoms with Gasteiger partial charge in [-0.05, 0) is 30.4 Å². The summed E-state index contributed by atoms with van der Waals surface area (Å²) in [6.45, 7) is 10.4. The van der Waals surface area contributed by atoms with Crippen LogP contribution in [-0.2, 0) is 0 Å². The minimum absolute atomic E-state index is 0.258. The molecule has 0 saturated heterocycles. The van der Waals surface area contributed by atoms with E-state index in [9.17, 15) is 5.26 Å². The zero-order valence-electron chi connectivity index (χ0n) is 12.2. The molecule has 0 fully saturated rings. The van der Waals surface area contributed by atoms with E-state index in [4.69, 9.17) is 0 Å². The molecular weight excluding hydrogens is 234 g/mol. The number of nitriles is 1. The monoisotopic (exact) mass is 253 g/mol. The van der Waals surface area contributed by atoms with Gasteiger partial charge in [0.05, 0.1) is 22.3 Å². The van der Waals surface area contributed by atoms with Crippen LogP contribution in [-0.4, -0.2) is 9.97 Å². The fraction of sp³-hybridized carbons (Fsp3) is 0.438. The lowest BCUT2D eigenvalue weighted by Crippen LogP contribution is -2.04. The predicted molar refractivity (Wildman–Crippen MR) is 77.2 cm³/mol. The molecule has 2 aromatic heterocycles. The van der Waals surface area contributed by atoms with Crippen molar-refractivity contribution in [1.82, 2.24) is 9.97 Å². The average molecular weight is 253 g/mol. The molecule has 2 heterocycles. The summed E-state index contributed by atoms with van der Waals surface area (Å²) in [4.78, 5) is 9.11. The number of aryl methyl sites for hydroxylation is 1. The van der Waals surface area contributed by atoms with Crippen molar-refractivity contribution >= 4 is 11.0 Å². The molecule has 0 saturated carbocycles. The van der Waals surface area contributed by atoms with E-state index in [-0.39, 0.29) is 5.92 Å².